The number of hydrogen-bond acceptors (Lipinski definition) is 6. The van der Waals surface area contributed by atoms with Crippen molar-refractivity contribution in [2.45, 2.75) is 44.3 Å². The molecule has 0 atom stereocenters. The van der Waals surface area contributed by atoms with Crippen LogP contribution in [0.15, 0.2) is 24.4 Å². The Morgan fingerprint density at radius 2 is 1.89 bits per heavy atom. The number of carbonyl (C=O) groups is 1. The zero-order valence-corrected chi connectivity index (χ0v) is 15.8. The zero-order valence-electron chi connectivity index (χ0n) is 15.8. The Kier molecular flexibility index (Phi) is 4.64. The molecule has 0 spiro atoms. The van der Waals surface area contributed by atoms with Gasteiger partial charge in [-0.3, -0.25) is 9.69 Å². The molecule has 1 aromatic carbocycles. The van der Waals surface area contributed by atoms with Crippen LogP contribution in [-0.4, -0.2) is 58.1 Å². The summed E-state index contributed by atoms with van der Waals surface area (Å²) >= 11 is 0. The normalized spacial score (nSPS) is 20.1. The highest BCUT2D eigenvalue weighted by atomic mass is 16.6. The van der Waals surface area contributed by atoms with Gasteiger partial charge in [-0.1, -0.05) is 11.3 Å². The molecule has 8 nitrogen and oxygen atoms in total. The van der Waals surface area contributed by atoms with E-state index in [4.69, 9.17) is 9.47 Å². The van der Waals surface area contributed by atoms with Crippen molar-refractivity contribution >= 4 is 5.91 Å². The fourth-order valence-electron chi connectivity index (χ4n) is 3.83. The van der Waals surface area contributed by atoms with Crippen LogP contribution >= 0.6 is 0 Å². The second-order valence-electron chi connectivity index (χ2n) is 7.82. The van der Waals surface area contributed by atoms with Crippen LogP contribution in [0.1, 0.15) is 47.8 Å². The number of piperidine rings is 1. The molecule has 1 aliphatic carbocycles. The quantitative estimate of drug-likeness (QED) is 0.848. The monoisotopic (exact) mass is 383 g/mol. The molecule has 0 bridgehead atoms. The number of aromatic nitrogens is 3. The van der Waals surface area contributed by atoms with Gasteiger partial charge < -0.3 is 14.8 Å². The summed E-state index contributed by atoms with van der Waals surface area (Å²) < 4.78 is 13.1. The Morgan fingerprint density at radius 1 is 1.11 bits per heavy atom. The molecule has 148 valence electrons. The Bertz CT molecular complexity index is 855. The summed E-state index contributed by atoms with van der Waals surface area (Å²) in [6, 6.07) is 6.83. The number of likely N-dealkylation sites (tertiary alicyclic amines) is 1. The standard InChI is InChI=1S/C20H25N5O3/c26-20(21-15-2-3-15)17-13-25(23-22-17)16-5-7-24(8-6-16)12-14-1-4-18-19(11-14)28-10-9-27-18/h1,4,11,13,15-16H,2-3,5-10,12H2,(H,21,26). The van der Waals surface area contributed by atoms with E-state index in [1.165, 1.54) is 5.56 Å². The first-order valence-corrected chi connectivity index (χ1v) is 10.1. The van der Waals surface area contributed by atoms with Crippen LogP contribution in [0, 0.1) is 0 Å². The van der Waals surface area contributed by atoms with Crippen LogP contribution in [0.2, 0.25) is 0 Å². The van der Waals surface area contributed by atoms with Gasteiger partial charge in [-0.2, -0.15) is 0 Å². The predicted octanol–water partition coefficient (Wildman–Crippen LogP) is 1.78. The average Bonchev–Trinajstić information content (AvgIpc) is 3.40. The van der Waals surface area contributed by atoms with Gasteiger partial charge in [0.05, 0.1) is 12.2 Å². The summed E-state index contributed by atoms with van der Waals surface area (Å²) in [7, 11) is 0. The number of carbonyl (C=O) groups excluding carboxylic acids is 1. The predicted molar refractivity (Wildman–Crippen MR) is 101 cm³/mol. The number of nitrogens with one attached hydrogen (secondary N) is 1. The molecule has 0 radical (unpaired) electrons. The van der Waals surface area contributed by atoms with Gasteiger partial charge in [-0.15, -0.1) is 5.10 Å². The number of ether oxygens (including phenoxy) is 2. The third-order valence-corrected chi connectivity index (χ3v) is 5.60. The molecule has 2 aromatic rings. The lowest BCUT2D eigenvalue weighted by Crippen LogP contribution is -2.34. The number of rotatable bonds is 5. The van der Waals surface area contributed by atoms with Crippen molar-refractivity contribution in [1.82, 2.24) is 25.2 Å². The van der Waals surface area contributed by atoms with Crippen LogP contribution < -0.4 is 14.8 Å². The van der Waals surface area contributed by atoms with Crippen LogP contribution in [0.25, 0.3) is 0 Å². The lowest BCUT2D eigenvalue weighted by molar-refractivity contribution is 0.0946. The van der Waals surface area contributed by atoms with E-state index < -0.39 is 0 Å². The summed E-state index contributed by atoms with van der Waals surface area (Å²) in [5.41, 5.74) is 1.66. The third-order valence-electron chi connectivity index (χ3n) is 5.60. The van der Waals surface area contributed by atoms with E-state index in [9.17, 15) is 4.79 Å². The van der Waals surface area contributed by atoms with E-state index in [1.807, 2.05) is 10.7 Å². The summed E-state index contributed by atoms with van der Waals surface area (Å²) in [5, 5.41) is 11.2. The maximum Gasteiger partial charge on any atom is 0.273 e. The van der Waals surface area contributed by atoms with E-state index in [0.29, 0.717) is 31.0 Å². The van der Waals surface area contributed by atoms with Gasteiger partial charge in [-0.05, 0) is 43.4 Å². The van der Waals surface area contributed by atoms with Crippen LogP contribution in [0.5, 0.6) is 11.5 Å². The lowest BCUT2D eigenvalue weighted by Gasteiger charge is -2.32. The highest BCUT2D eigenvalue weighted by Crippen LogP contribution is 2.32. The maximum atomic E-state index is 12.1. The third kappa shape index (κ3) is 3.82. The van der Waals surface area contributed by atoms with Crippen molar-refractivity contribution in [3.05, 3.63) is 35.7 Å². The van der Waals surface area contributed by atoms with Crippen molar-refractivity contribution in [2.75, 3.05) is 26.3 Å². The molecule has 1 aromatic heterocycles. The average molecular weight is 383 g/mol. The molecule has 5 rings (SSSR count). The van der Waals surface area contributed by atoms with E-state index in [2.05, 4.69) is 32.7 Å². The Balaban J connectivity index is 1.15. The first kappa shape index (κ1) is 17.5. The Labute approximate surface area is 163 Å². The molecule has 1 saturated heterocycles. The second kappa shape index (κ2) is 7.43. The van der Waals surface area contributed by atoms with Crippen molar-refractivity contribution in [1.29, 1.82) is 0 Å². The number of amides is 1. The van der Waals surface area contributed by atoms with Gasteiger partial charge in [0.1, 0.15) is 13.2 Å². The summed E-state index contributed by atoms with van der Waals surface area (Å²) in [5.74, 6) is 1.57. The number of nitrogens with zero attached hydrogens (tertiary/aromatic N) is 4. The zero-order chi connectivity index (χ0) is 18.9. The number of fused-ring (bicyclic) bond motifs is 1. The van der Waals surface area contributed by atoms with Crippen molar-refractivity contribution < 1.29 is 14.3 Å². The number of hydrogen-bond donors (Lipinski definition) is 1. The van der Waals surface area contributed by atoms with Gasteiger partial charge in [0.15, 0.2) is 17.2 Å². The lowest BCUT2D eigenvalue weighted by atomic mass is 10.0. The highest BCUT2D eigenvalue weighted by molar-refractivity contribution is 5.92. The fraction of sp³-hybridized carbons (Fsp3) is 0.550. The summed E-state index contributed by atoms with van der Waals surface area (Å²) in [6.07, 6.45) is 5.93. The maximum absolute atomic E-state index is 12.1. The molecule has 3 aliphatic rings. The molecular formula is C20H25N5O3. The van der Waals surface area contributed by atoms with E-state index in [0.717, 1.165) is 56.8 Å². The Morgan fingerprint density at radius 3 is 2.68 bits per heavy atom. The second-order valence-corrected chi connectivity index (χ2v) is 7.82. The molecule has 1 N–H and O–H groups in total. The van der Waals surface area contributed by atoms with E-state index >= 15 is 0 Å². The van der Waals surface area contributed by atoms with Gasteiger partial charge >= 0.3 is 0 Å². The molecule has 2 aliphatic heterocycles. The first-order chi connectivity index (χ1) is 13.7. The fourth-order valence-corrected chi connectivity index (χ4v) is 3.83. The molecule has 8 heteroatoms. The summed E-state index contributed by atoms with van der Waals surface area (Å²) in [4.78, 5) is 14.5. The van der Waals surface area contributed by atoms with Crippen molar-refractivity contribution in [2.24, 2.45) is 0 Å². The molecule has 3 heterocycles. The van der Waals surface area contributed by atoms with Crippen molar-refractivity contribution in [3.8, 4) is 11.5 Å². The van der Waals surface area contributed by atoms with Gasteiger partial charge in [0.25, 0.3) is 5.91 Å². The number of benzene rings is 1. The largest absolute Gasteiger partial charge is 0.486 e. The Hall–Kier alpha value is -2.61. The molecule has 2 fully saturated rings. The first-order valence-electron chi connectivity index (χ1n) is 10.1. The SMILES string of the molecule is O=C(NC1CC1)c1cn(C2CCN(Cc3ccc4c(c3)OCCO4)CC2)nn1. The minimum atomic E-state index is -0.107. The summed E-state index contributed by atoms with van der Waals surface area (Å²) in [6.45, 7) is 4.10. The van der Waals surface area contributed by atoms with Crippen molar-refractivity contribution in [3.63, 3.8) is 0 Å². The minimum Gasteiger partial charge on any atom is -0.486 e. The van der Waals surface area contributed by atoms with Crippen LogP contribution in [0.3, 0.4) is 0 Å². The van der Waals surface area contributed by atoms with Gasteiger partial charge in [0, 0.05) is 25.7 Å². The molecular weight excluding hydrogens is 358 g/mol. The van der Waals surface area contributed by atoms with Gasteiger partial charge in [-0.25, -0.2) is 4.68 Å². The van der Waals surface area contributed by atoms with E-state index in [-0.39, 0.29) is 5.91 Å². The van der Waals surface area contributed by atoms with Crippen LogP contribution in [-0.2, 0) is 6.54 Å². The topological polar surface area (TPSA) is 81.5 Å². The molecule has 0 unspecified atom stereocenters. The molecule has 1 saturated carbocycles. The smallest absolute Gasteiger partial charge is 0.273 e. The minimum absolute atomic E-state index is 0.107. The molecule has 28 heavy (non-hydrogen) atoms. The van der Waals surface area contributed by atoms with Crippen LogP contribution in [0.4, 0.5) is 0 Å². The molecule has 1 amide bonds. The highest BCUT2D eigenvalue weighted by Gasteiger charge is 2.27. The van der Waals surface area contributed by atoms with E-state index in [1.54, 1.807) is 6.20 Å². The van der Waals surface area contributed by atoms with Gasteiger partial charge in [0.2, 0.25) is 0 Å².